The van der Waals surface area contributed by atoms with Gasteiger partial charge in [-0.05, 0) is 79.9 Å². The lowest BCUT2D eigenvalue weighted by Crippen LogP contribution is -2.37. The van der Waals surface area contributed by atoms with E-state index in [0.29, 0.717) is 24.0 Å². The van der Waals surface area contributed by atoms with Crippen LogP contribution in [0.2, 0.25) is 0 Å². The van der Waals surface area contributed by atoms with E-state index < -0.39 is 0 Å². The molecule has 2 aliphatic rings. The van der Waals surface area contributed by atoms with Crippen molar-refractivity contribution in [2.24, 2.45) is 0 Å². The molecule has 2 aromatic rings. The maximum Gasteiger partial charge on any atom is 0.276 e. The molecule has 1 amide bonds. The number of carbonyl (C=O) groups is 1. The van der Waals surface area contributed by atoms with E-state index >= 15 is 0 Å². The second-order valence-corrected chi connectivity index (χ2v) is 8.48. The Kier molecular flexibility index (Phi) is 6.77. The Labute approximate surface area is 194 Å². The Bertz CT molecular complexity index is 1060. The fourth-order valence-corrected chi connectivity index (χ4v) is 4.20. The minimum absolute atomic E-state index is 0.0490. The molecule has 2 aliphatic heterocycles. The quantitative estimate of drug-likeness (QED) is 0.504. The molecule has 2 heterocycles. The lowest BCUT2D eigenvalue weighted by molar-refractivity contribution is -0.123. The Balaban J connectivity index is 1.51. The number of aryl methyl sites for hydroxylation is 1. The van der Waals surface area contributed by atoms with Crippen molar-refractivity contribution in [1.29, 1.82) is 0 Å². The summed E-state index contributed by atoms with van der Waals surface area (Å²) in [7, 11) is 1.64. The first-order valence-corrected chi connectivity index (χ1v) is 11.2. The molecule has 0 aromatic heterocycles. The van der Waals surface area contributed by atoms with Gasteiger partial charge in [-0.1, -0.05) is 18.2 Å². The summed E-state index contributed by atoms with van der Waals surface area (Å²) in [5.41, 5.74) is 4.52. The van der Waals surface area contributed by atoms with Crippen molar-refractivity contribution in [3.63, 3.8) is 0 Å². The smallest absolute Gasteiger partial charge is 0.276 e. The third-order valence-electron chi connectivity index (χ3n) is 5.93. The monoisotopic (exact) mass is 452 g/mol. The lowest BCUT2D eigenvalue weighted by atomic mass is 10.1. The van der Waals surface area contributed by atoms with Crippen LogP contribution in [0.1, 0.15) is 35.1 Å². The van der Waals surface area contributed by atoms with Gasteiger partial charge in [0, 0.05) is 12.2 Å². The second-order valence-electron chi connectivity index (χ2n) is 8.10. The molecular formula is C25H28N2O4S. The number of carbonyl (C=O) groups excluding carboxylic acids is 1. The average molecular weight is 453 g/mol. The predicted octanol–water partition coefficient (Wildman–Crippen LogP) is 4.13. The van der Waals surface area contributed by atoms with Crippen molar-refractivity contribution in [1.82, 2.24) is 10.2 Å². The molecule has 2 fully saturated rings. The fraction of sp³-hybridized carbons (Fsp3) is 0.360. The number of ether oxygens (including phenoxy) is 3. The van der Waals surface area contributed by atoms with Gasteiger partial charge in [0.15, 0.2) is 5.11 Å². The van der Waals surface area contributed by atoms with E-state index in [1.165, 1.54) is 5.56 Å². The van der Waals surface area contributed by atoms with Gasteiger partial charge in [0.05, 0.1) is 19.8 Å². The summed E-state index contributed by atoms with van der Waals surface area (Å²) < 4.78 is 17.2. The van der Waals surface area contributed by atoms with Crippen LogP contribution in [0.3, 0.4) is 0 Å². The Hall–Kier alpha value is -2.90. The van der Waals surface area contributed by atoms with Crippen LogP contribution in [0.25, 0.3) is 6.08 Å². The normalized spacial score (nSPS) is 19.5. The van der Waals surface area contributed by atoms with Crippen molar-refractivity contribution in [2.45, 2.75) is 39.4 Å². The number of amides is 1. The van der Waals surface area contributed by atoms with Crippen LogP contribution in [-0.4, -0.2) is 42.3 Å². The van der Waals surface area contributed by atoms with Crippen molar-refractivity contribution in [3.8, 4) is 11.5 Å². The summed E-state index contributed by atoms with van der Waals surface area (Å²) >= 11 is 5.39. The van der Waals surface area contributed by atoms with Crippen molar-refractivity contribution >= 4 is 29.3 Å². The number of methoxy groups -OCH3 is 1. The molecule has 1 unspecified atom stereocenters. The molecule has 4 rings (SSSR count). The molecule has 2 aromatic carbocycles. The number of hydrogen-bond acceptors (Lipinski definition) is 5. The van der Waals surface area contributed by atoms with Crippen LogP contribution in [0.5, 0.6) is 11.5 Å². The highest BCUT2D eigenvalue weighted by Gasteiger charge is 2.33. The van der Waals surface area contributed by atoms with E-state index in [0.717, 1.165) is 47.6 Å². The zero-order valence-electron chi connectivity index (χ0n) is 18.6. The fourth-order valence-electron chi connectivity index (χ4n) is 3.93. The van der Waals surface area contributed by atoms with Gasteiger partial charge >= 0.3 is 0 Å². The SMILES string of the molecule is COc1ccc(/C=C2/NC(=S)N(CC3CCCO3)C2=O)cc1COc1cccc(C)c1C. The molecule has 168 valence electrons. The Morgan fingerprint density at radius 1 is 1.25 bits per heavy atom. The van der Waals surface area contributed by atoms with Crippen LogP contribution in [0.4, 0.5) is 0 Å². The topological polar surface area (TPSA) is 60.0 Å². The standard InChI is InChI=1S/C25H28N2O4S/c1-16-6-4-8-22(17(16)2)31-15-19-12-18(9-10-23(19)29-3)13-21-24(28)27(25(32)26-21)14-20-7-5-11-30-20/h4,6,8-10,12-13,20H,5,7,11,14-15H2,1-3H3,(H,26,32)/b21-13+. The van der Waals surface area contributed by atoms with Crippen LogP contribution in [0, 0.1) is 13.8 Å². The zero-order chi connectivity index (χ0) is 22.7. The third kappa shape index (κ3) is 4.79. The second kappa shape index (κ2) is 9.71. The number of nitrogens with one attached hydrogen (secondary N) is 1. The number of nitrogens with zero attached hydrogens (tertiary/aromatic N) is 1. The van der Waals surface area contributed by atoms with Crippen LogP contribution < -0.4 is 14.8 Å². The van der Waals surface area contributed by atoms with Gasteiger partial charge in [-0.15, -0.1) is 0 Å². The molecule has 0 aliphatic carbocycles. The van der Waals surface area contributed by atoms with E-state index in [9.17, 15) is 4.79 Å². The highest BCUT2D eigenvalue weighted by atomic mass is 32.1. The molecule has 0 radical (unpaired) electrons. The van der Waals surface area contributed by atoms with Crippen molar-refractivity contribution < 1.29 is 19.0 Å². The number of benzene rings is 2. The first kappa shape index (κ1) is 22.3. The summed E-state index contributed by atoms with van der Waals surface area (Å²) in [4.78, 5) is 14.5. The van der Waals surface area contributed by atoms with Gasteiger partial charge < -0.3 is 19.5 Å². The molecular weight excluding hydrogens is 424 g/mol. The third-order valence-corrected chi connectivity index (χ3v) is 6.25. The van der Waals surface area contributed by atoms with E-state index in [1.54, 1.807) is 12.0 Å². The summed E-state index contributed by atoms with van der Waals surface area (Å²) in [6, 6.07) is 11.8. The van der Waals surface area contributed by atoms with Gasteiger partial charge in [-0.3, -0.25) is 9.69 Å². The summed E-state index contributed by atoms with van der Waals surface area (Å²) in [6.45, 7) is 5.70. The molecule has 32 heavy (non-hydrogen) atoms. The van der Waals surface area contributed by atoms with E-state index in [-0.39, 0.29) is 12.0 Å². The van der Waals surface area contributed by atoms with E-state index in [1.807, 2.05) is 43.3 Å². The summed E-state index contributed by atoms with van der Waals surface area (Å²) in [5, 5.41) is 3.47. The van der Waals surface area contributed by atoms with Crippen LogP contribution >= 0.6 is 12.2 Å². The van der Waals surface area contributed by atoms with Gasteiger partial charge in [-0.25, -0.2) is 0 Å². The molecule has 0 bridgehead atoms. The van der Waals surface area contributed by atoms with Gasteiger partial charge in [0.25, 0.3) is 5.91 Å². The van der Waals surface area contributed by atoms with Gasteiger partial charge in [-0.2, -0.15) is 0 Å². The number of rotatable bonds is 7. The largest absolute Gasteiger partial charge is 0.496 e. The average Bonchev–Trinajstić information content (AvgIpc) is 3.39. The van der Waals surface area contributed by atoms with Crippen molar-refractivity contribution in [3.05, 3.63) is 64.3 Å². The maximum absolute atomic E-state index is 12.9. The Morgan fingerprint density at radius 2 is 2.09 bits per heavy atom. The summed E-state index contributed by atoms with van der Waals surface area (Å²) in [5.74, 6) is 1.45. The minimum atomic E-state index is -0.130. The van der Waals surface area contributed by atoms with Crippen LogP contribution in [-0.2, 0) is 16.1 Å². The lowest BCUT2D eigenvalue weighted by Gasteiger charge is -2.18. The number of hydrogen-bond donors (Lipinski definition) is 1. The van der Waals surface area contributed by atoms with E-state index in [4.69, 9.17) is 26.4 Å². The first-order chi connectivity index (χ1) is 15.5. The predicted molar refractivity (Wildman–Crippen MR) is 128 cm³/mol. The van der Waals surface area contributed by atoms with Crippen LogP contribution in [0.15, 0.2) is 42.1 Å². The first-order valence-electron chi connectivity index (χ1n) is 10.8. The molecule has 1 atom stereocenters. The number of thiocarbonyl (C=S) groups is 1. The van der Waals surface area contributed by atoms with E-state index in [2.05, 4.69) is 18.3 Å². The summed E-state index contributed by atoms with van der Waals surface area (Å²) in [6.07, 6.45) is 3.83. The molecule has 0 spiro atoms. The Morgan fingerprint density at radius 3 is 2.84 bits per heavy atom. The minimum Gasteiger partial charge on any atom is -0.496 e. The zero-order valence-corrected chi connectivity index (χ0v) is 19.5. The molecule has 0 saturated carbocycles. The molecule has 7 heteroatoms. The van der Waals surface area contributed by atoms with Gasteiger partial charge in [0.2, 0.25) is 0 Å². The maximum atomic E-state index is 12.9. The highest BCUT2D eigenvalue weighted by molar-refractivity contribution is 7.80. The van der Waals surface area contributed by atoms with Gasteiger partial charge in [0.1, 0.15) is 23.8 Å². The highest BCUT2D eigenvalue weighted by Crippen LogP contribution is 2.27. The molecule has 6 nitrogen and oxygen atoms in total. The van der Waals surface area contributed by atoms with Crippen molar-refractivity contribution in [2.75, 3.05) is 20.3 Å². The molecule has 1 N–H and O–H groups in total. The molecule has 2 saturated heterocycles.